The van der Waals surface area contributed by atoms with Gasteiger partial charge in [-0.2, -0.15) is 0 Å². The normalized spacial score (nSPS) is 10.5. The quantitative estimate of drug-likeness (QED) is 0.0194. The lowest BCUT2D eigenvalue weighted by Crippen LogP contribution is -2.06. The number of aliphatic carboxylic acids is 1. The standard InChI is InChI=1S/C24H21N3O3S.C21H21N3O4S.C21H21N3O3S.C20H19N3O3S/c1-4-5-20-14(2)25-22(18-12-21(30-3)31-13-18)27-23(20)26-19-9-8-15-10-17(24(28)29)7-6-16(15)11-19;1-5-6-15-12(2)22-19(14-10-18(28-4)29-11-14)24-20(15)23-16-8-7-13(21(25)26)9-17(16)27-3;1-4-5-17-13(2)22-20(15-11-19(27-3)28-12-15)24-21(17)23-16-8-6-14(7-9-16)10-18(25)26;1-4-5-16-12(2)21-18(14-10-17(26-3)27-11-14)23-19(16)22-15-8-6-13(7-9-15)20(24)25/h4,6-13H,1,5H2,2-3H3,(H,28,29)(H,25,26,27);5,7-11H,1,6H2,2-4H3,(H,25,26)(H,22,23,24);4,6-9,11-12H,1,5,10H2,2-3H3,(H,25,26)(H,22,23,24);4,6-11H,1,5H2,2-3H3,(H,24,25)(H,21,22,23). The number of methoxy groups -OCH3 is 5. The van der Waals surface area contributed by atoms with Crippen molar-refractivity contribution < 1.29 is 63.3 Å². The highest BCUT2D eigenvalue weighted by Crippen LogP contribution is 2.38. The van der Waals surface area contributed by atoms with Gasteiger partial charge in [0, 0.05) is 130 Å². The molecular weight excluding hydrogens is 1540 g/mol. The molecule has 0 unspecified atom stereocenters. The second-order valence-electron chi connectivity index (χ2n) is 25.2. The molecule has 0 aliphatic carbocycles. The lowest BCUT2D eigenvalue weighted by molar-refractivity contribution is -0.136. The van der Waals surface area contributed by atoms with Crippen molar-refractivity contribution in [1.82, 2.24) is 39.9 Å². The Hall–Kier alpha value is -13.5. The zero-order chi connectivity index (χ0) is 82.4. The highest BCUT2D eigenvalue weighted by Gasteiger charge is 2.21. The van der Waals surface area contributed by atoms with Crippen LogP contribution in [0.1, 0.15) is 81.7 Å². The number of nitrogens with one attached hydrogen (secondary N) is 4. The van der Waals surface area contributed by atoms with E-state index in [1.807, 2.05) is 122 Å². The van der Waals surface area contributed by atoms with Gasteiger partial charge in [-0.05, 0) is 149 Å². The zero-order valence-corrected chi connectivity index (χ0v) is 67.5. The summed E-state index contributed by atoms with van der Waals surface area (Å²) in [6.07, 6.45) is 9.71. The van der Waals surface area contributed by atoms with E-state index < -0.39 is 23.9 Å². The molecule has 25 nitrogen and oxygen atoms in total. The average molecular weight is 1620 g/mol. The van der Waals surface area contributed by atoms with Gasteiger partial charge in [0.15, 0.2) is 43.6 Å². The monoisotopic (exact) mass is 1620 g/mol. The maximum absolute atomic E-state index is 11.2. The van der Waals surface area contributed by atoms with Crippen LogP contribution in [0.5, 0.6) is 26.0 Å². The summed E-state index contributed by atoms with van der Waals surface area (Å²) in [5.41, 5.74) is 15.2. The van der Waals surface area contributed by atoms with Crippen LogP contribution in [0.3, 0.4) is 0 Å². The van der Waals surface area contributed by atoms with Gasteiger partial charge < -0.3 is 65.4 Å². The number of hydrogen-bond acceptors (Lipinski definition) is 25. The second kappa shape index (κ2) is 39.6. The van der Waals surface area contributed by atoms with Crippen LogP contribution in [-0.4, -0.2) is 120 Å². The van der Waals surface area contributed by atoms with Crippen molar-refractivity contribution in [1.29, 1.82) is 0 Å². The second-order valence-corrected chi connectivity index (χ2v) is 28.7. The van der Waals surface area contributed by atoms with Gasteiger partial charge in [-0.3, -0.25) is 4.79 Å². The number of rotatable bonds is 30. The number of benzene rings is 5. The Morgan fingerprint density at radius 1 is 0.365 bits per heavy atom. The van der Waals surface area contributed by atoms with E-state index >= 15 is 0 Å². The molecule has 29 heteroatoms. The molecule has 0 amide bonds. The molecule has 8 N–H and O–H groups in total. The Morgan fingerprint density at radius 3 is 1.02 bits per heavy atom. The smallest absolute Gasteiger partial charge is 0.335 e. The van der Waals surface area contributed by atoms with E-state index in [1.54, 1.807) is 95.2 Å². The van der Waals surface area contributed by atoms with E-state index in [4.69, 9.17) is 48.8 Å². The molecule has 0 saturated heterocycles. The van der Waals surface area contributed by atoms with E-state index in [0.29, 0.717) is 83.7 Å². The summed E-state index contributed by atoms with van der Waals surface area (Å²) < 4.78 is 26.4. The minimum atomic E-state index is -1.02. The van der Waals surface area contributed by atoms with E-state index in [-0.39, 0.29) is 23.1 Å². The van der Waals surface area contributed by atoms with Crippen molar-refractivity contribution in [2.45, 2.75) is 59.8 Å². The fourth-order valence-electron chi connectivity index (χ4n) is 11.5. The first-order chi connectivity index (χ1) is 55.4. The number of ether oxygens (including phenoxy) is 5. The topological polar surface area (TPSA) is 347 Å². The molecule has 5 aromatic carbocycles. The highest BCUT2D eigenvalue weighted by molar-refractivity contribution is 7.13. The largest absolute Gasteiger partial charge is 0.495 e. The Labute approximate surface area is 679 Å². The van der Waals surface area contributed by atoms with Gasteiger partial charge in [-0.25, -0.2) is 54.3 Å². The lowest BCUT2D eigenvalue weighted by atomic mass is 10.1. The Morgan fingerprint density at radius 2 is 0.678 bits per heavy atom. The number of aromatic nitrogens is 8. The molecular formula is C86H82N12O13S4. The molecule has 8 heterocycles. The molecule has 588 valence electrons. The molecule has 115 heavy (non-hydrogen) atoms. The van der Waals surface area contributed by atoms with E-state index in [1.165, 1.54) is 64.6 Å². The number of carboxylic acid groups (broad SMARTS) is 4. The molecule has 0 bridgehead atoms. The number of fused-ring (bicyclic) bond motifs is 1. The van der Waals surface area contributed by atoms with Crippen LogP contribution in [0.15, 0.2) is 200 Å². The lowest BCUT2D eigenvalue weighted by Gasteiger charge is -2.16. The van der Waals surface area contributed by atoms with Crippen LogP contribution in [-0.2, 0) is 36.9 Å². The van der Waals surface area contributed by atoms with Crippen molar-refractivity contribution in [3.8, 4) is 71.6 Å². The Kier molecular flexibility index (Phi) is 28.9. The number of carboxylic acids is 4. The fourth-order valence-corrected chi connectivity index (χ4v) is 14.4. The molecule has 13 rings (SSSR count). The number of aryl methyl sites for hydroxylation is 4. The number of thiophene rings is 4. The van der Waals surface area contributed by atoms with Gasteiger partial charge >= 0.3 is 23.9 Å². The van der Waals surface area contributed by atoms with Gasteiger partial charge in [-0.15, -0.1) is 71.7 Å². The number of carbonyl (C=O) groups is 4. The van der Waals surface area contributed by atoms with Crippen molar-refractivity contribution in [3.63, 3.8) is 0 Å². The van der Waals surface area contributed by atoms with Gasteiger partial charge in [0.1, 0.15) is 29.0 Å². The van der Waals surface area contributed by atoms with Crippen molar-refractivity contribution in [2.24, 2.45) is 0 Å². The SMILES string of the molecule is C=CCc1c(C)nc(-c2csc(OC)c2)nc1Nc1ccc(C(=O)O)cc1.C=CCc1c(C)nc(-c2csc(OC)c2)nc1Nc1ccc(C(=O)O)cc1OC.C=CCc1c(C)nc(-c2csc(OC)c2)nc1Nc1ccc(CC(=O)O)cc1.C=CCc1c(C)nc(-c2csc(OC)c2)nc1Nc1ccc2cc(C(=O)O)ccc2c1. The maximum Gasteiger partial charge on any atom is 0.335 e. The predicted octanol–water partition coefficient (Wildman–Crippen LogP) is 19.9. The Balaban J connectivity index is 0.000000162. The summed E-state index contributed by atoms with van der Waals surface area (Å²) >= 11 is 5.95. The zero-order valence-electron chi connectivity index (χ0n) is 64.3. The number of anilines is 8. The first kappa shape index (κ1) is 84.0. The molecule has 0 saturated carbocycles. The third-order valence-electron chi connectivity index (χ3n) is 17.4. The molecule has 0 radical (unpaired) electrons. The van der Waals surface area contributed by atoms with E-state index in [0.717, 1.165) is 121 Å². The molecule has 0 fully saturated rings. The summed E-state index contributed by atoms with van der Waals surface area (Å²) in [6, 6.07) is 37.0. The van der Waals surface area contributed by atoms with Crippen LogP contribution in [0, 0.1) is 27.7 Å². The predicted molar refractivity (Wildman–Crippen MR) is 457 cm³/mol. The highest BCUT2D eigenvalue weighted by atomic mass is 32.1. The Bertz CT molecular complexity index is 5720. The van der Waals surface area contributed by atoms with Gasteiger partial charge in [0.25, 0.3) is 0 Å². The van der Waals surface area contributed by atoms with Crippen LogP contribution >= 0.6 is 45.3 Å². The molecule has 8 aromatic heterocycles. The van der Waals surface area contributed by atoms with Crippen LogP contribution in [0.2, 0.25) is 0 Å². The van der Waals surface area contributed by atoms with Gasteiger partial charge in [0.2, 0.25) is 0 Å². The fraction of sp³-hybridized carbons (Fsp3) is 0.163. The first-order valence-electron chi connectivity index (χ1n) is 35.3. The van der Waals surface area contributed by atoms with Crippen molar-refractivity contribution >= 4 is 126 Å². The van der Waals surface area contributed by atoms with Crippen molar-refractivity contribution in [3.05, 3.63) is 267 Å². The first-order valence-corrected chi connectivity index (χ1v) is 38.8. The minimum absolute atomic E-state index is 0.00124. The van der Waals surface area contributed by atoms with Crippen LogP contribution < -0.4 is 45.0 Å². The number of aromatic carboxylic acids is 3. The number of hydrogen-bond donors (Lipinski definition) is 8. The summed E-state index contributed by atoms with van der Waals surface area (Å²) in [4.78, 5) is 81.8. The van der Waals surface area contributed by atoms with Crippen LogP contribution in [0.4, 0.5) is 46.0 Å². The molecule has 0 spiro atoms. The maximum atomic E-state index is 11.2. The van der Waals surface area contributed by atoms with Crippen LogP contribution in [0.25, 0.3) is 56.3 Å². The minimum Gasteiger partial charge on any atom is -0.495 e. The number of nitrogens with zero attached hydrogens (tertiary/aromatic N) is 8. The van der Waals surface area contributed by atoms with E-state index in [2.05, 4.69) is 72.5 Å². The molecule has 13 aromatic rings. The van der Waals surface area contributed by atoms with Gasteiger partial charge in [0.05, 0.1) is 64.3 Å². The molecule has 0 atom stereocenters. The summed E-state index contributed by atoms with van der Waals surface area (Å²) in [7, 11) is 8.01. The van der Waals surface area contributed by atoms with Crippen molar-refractivity contribution in [2.75, 3.05) is 56.8 Å². The molecule has 0 aliphatic heterocycles. The van der Waals surface area contributed by atoms with E-state index in [9.17, 15) is 29.4 Å². The summed E-state index contributed by atoms with van der Waals surface area (Å²) in [5, 5.41) is 62.4. The molecule has 0 aliphatic rings. The third kappa shape index (κ3) is 21.8. The summed E-state index contributed by atoms with van der Waals surface area (Å²) in [5.74, 6) is 1.76. The average Bonchev–Trinajstić information content (AvgIpc) is 1.80. The van der Waals surface area contributed by atoms with Gasteiger partial charge in [-0.1, -0.05) is 48.6 Å². The third-order valence-corrected chi connectivity index (χ3v) is 21.0. The summed E-state index contributed by atoms with van der Waals surface area (Å²) in [6.45, 7) is 23.1. The number of allylic oxidation sites excluding steroid dienone is 4.